The van der Waals surface area contributed by atoms with Crippen LogP contribution in [-0.2, 0) is 19.7 Å². The van der Waals surface area contributed by atoms with E-state index < -0.39 is 5.97 Å². The molecule has 0 unspecified atom stereocenters. The van der Waals surface area contributed by atoms with Crippen molar-refractivity contribution in [3.8, 4) is 5.75 Å². The molecule has 1 amide bonds. The summed E-state index contributed by atoms with van der Waals surface area (Å²) >= 11 is 0. The van der Waals surface area contributed by atoms with E-state index in [9.17, 15) is 9.59 Å². The highest BCUT2D eigenvalue weighted by atomic mass is 16.6. The molecule has 0 radical (unpaired) electrons. The lowest BCUT2D eigenvalue weighted by Gasteiger charge is -2.22. The molecule has 0 aliphatic carbocycles. The lowest BCUT2D eigenvalue weighted by Crippen LogP contribution is -2.25. The molecule has 2 rings (SSSR count). The molecule has 0 saturated heterocycles. The predicted octanol–water partition coefficient (Wildman–Crippen LogP) is 3.54. The molecule has 0 aliphatic heterocycles. The number of carbonyl (C=O) groups is 2. The summed E-state index contributed by atoms with van der Waals surface area (Å²) in [6.07, 6.45) is 0. The molecule has 0 aliphatic rings. The largest absolute Gasteiger partial charge is 0.482 e. The molecule has 0 fully saturated rings. The van der Waals surface area contributed by atoms with Gasteiger partial charge in [-0.2, -0.15) is 0 Å². The van der Waals surface area contributed by atoms with Gasteiger partial charge in [-0.1, -0.05) is 57.2 Å². The van der Waals surface area contributed by atoms with Gasteiger partial charge in [-0.15, -0.1) is 0 Å². The van der Waals surface area contributed by atoms with Crippen molar-refractivity contribution in [1.29, 1.82) is 0 Å². The zero-order chi connectivity index (χ0) is 18.3. The van der Waals surface area contributed by atoms with Gasteiger partial charge in [0.1, 0.15) is 5.75 Å². The van der Waals surface area contributed by atoms with E-state index >= 15 is 0 Å². The summed E-state index contributed by atoms with van der Waals surface area (Å²) in [5.41, 5.74) is 1.63. The fraction of sp³-hybridized carbons (Fsp3) is 0.300. The van der Waals surface area contributed by atoms with Crippen molar-refractivity contribution in [2.24, 2.45) is 0 Å². The summed E-state index contributed by atoms with van der Waals surface area (Å²) in [6.45, 7) is 5.61. The maximum absolute atomic E-state index is 12.0. The van der Waals surface area contributed by atoms with Crippen LogP contribution in [-0.4, -0.2) is 25.1 Å². The van der Waals surface area contributed by atoms with Gasteiger partial charge in [-0.25, -0.2) is 4.79 Å². The summed E-state index contributed by atoms with van der Waals surface area (Å²) in [7, 11) is 0. The first kappa shape index (κ1) is 18.5. The number of para-hydroxylation sites is 2. The SMILES string of the molecule is CC(C)(C)c1ccccc1NC(=O)COC(=O)COc1ccccc1. The Bertz CT molecular complexity index is 720. The molecule has 1 N–H and O–H groups in total. The molecule has 0 atom stereocenters. The van der Waals surface area contributed by atoms with E-state index in [1.165, 1.54) is 0 Å². The van der Waals surface area contributed by atoms with Gasteiger partial charge < -0.3 is 14.8 Å². The molecule has 2 aromatic rings. The molecule has 0 saturated carbocycles. The van der Waals surface area contributed by atoms with Crippen molar-refractivity contribution in [2.45, 2.75) is 26.2 Å². The standard InChI is InChI=1S/C20H23NO4/c1-20(2,3)16-11-7-8-12-17(16)21-18(22)13-25-19(23)14-24-15-9-5-4-6-10-15/h4-12H,13-14H2,1-3H3,(H,21,22). The Labute approximate surface area is 148 Å². The minimum Gasteiger partial charge on any atom is -0.482 e. The zero-order valence-electron chi connectivity index (χ0n) is 14.7. The average Bonchev–Trinajstić information content (AvgIpc) is 2.58. The van der Waals surface area contributed by atoms with Crippen LogP contribution < -0.4 is 10.1 Å². The Morgan fingerprint density at radius 1 is 0.920 bits per heavy atom. The van der Waals surface area contributed by atoms with Crippen LogP contribution in [0.4, 0.5) is 5.69 Å². The number of anilines is 1. The van der Waals surface area contributed by atoms with Crippen LogP contribution >= 0.6 is 0 Å². The van der Waals surface area contributed by atoms with E-state index in [0.29, 0.717) is 5.75 Å². The Balaban J connectivity index is 1.82. The monoisotopic (exact) mass is 341 g/mol. The number of amides is 1. The first-order valence-electron chi connectivity index (χ1n) is 8.09. The van der Waals surface area contributed by atoms with Gasteiger partial charge in [0, 0.05) is 5.69 Å². The Kier molecular flexibility index (Phi) is 6.17. The molecule has 0 heterocycles. The average molecular weight is 341 g/mol. The topological polar surface area (TPSA) is 64.6 Å². The van der Waals surface area contributed by atoms with Crippen LogP contribution in [0.15, 0.2) is 54.6 Å². The second-order valence-corrected chi connectivity index (χ2v) is 6.61. The number of esters is 1. The molecule has 25 heavy (non-hydrogen) atoms. The van der Waals surface area contributed by atoms with Crippen molar-refractivity contribution >= 4 is 17.6 Å². The minimum atomic E-state index is -0.594. The molecular weight excluding hydrogens is 318 g/mol. The highest BCUT2D eigenvalue weighted by Gasteiger charge is 2.19. The molecule has 0 bridgehead atoms. The van der Waals surface area contributed by atoms with Gasteiger partial charge in [0.2, 0.25) is 0 Å². The quantitative estimate of drug-likeness (QED) is 0.816. The smallest absolute Gasteiger partial charge is 0.344 e. The maximum atomic E-state index is 12.0. The lowest BCUT2D eigenvalue weighted by atomic mass is 9.86. The predicted molar refractivity (Wildman–Crippen MR) is 96.7 cm³/mol. The molecule has 5 nitrogen and oxygen atoms in total. The molecule has 132 valence electrons. The first-order valence-corrected chi connectivity index (χ1v) is 8.09. The Hall–Kier alpha value is -2.82. The van der Waals surface area contributed by atoms with Gasteiger partial charge in [0.25, 0.3) is 5.91 Å². The van der Waals surface area contributed by atoms with Crippen molar-refractivity contribution in [3.63, 3.8) is 0 Å². The van der Waals surface area contributed by atoms with Gasteiger partial charge in [0.15, 0.2) is 13.2 Å². The van der Waals surface area contributed by atoms with Crippen molar-refractivity contribution in [1.82, 2.24) is 0 Å². The third kappa shape index (κ3) is 5.95. The number of ether oxygens (including phenoxy) is 2. The molecule has 0 aromatic heterocycles. The van der Waals surface area contributed by atoms with Crippen molar-refractivity contribution < 1.29 is 19.1 Å². The Morgan fingerprint density at radius 3 is 2.24 bits per heavy atom. The summed E-state index contributed by atoms with van der Waals surface area (Å²) in [6, 6.07) is 16.5. The molecule has 5 heteroatoms. The van der Waals surface area contributed by atoms with Crippen LogP contribution in [0.25, 0.3) is 0 Å². The Morgan fingerprint density at radius 2 is 1.56 bits per heavy atom. The van der Waals surface area contributed by atoms with Gasteiger partial charge in [-0.05, 0) is 29.2 Å². The van der Waals surface area contributed by atoms with Gasteiger partial charge >= 0.3 is 5.97 Å². The van der Waals surface area contributed by atoms with E-state index in [-0.39, 0.29) is 24.5 Å². The highest BCUT2D eigenvalue weighted by Crippen LogP contribution is 2.29. The second-order valence-electron chi connectivity index (χ2n) is 6.61. The third-order valence-corrected chi connectivity index (χ3v) is 3.47. The van der Waals surface area contributed by atoms with Crippen LogP contribution in [0, 0.1) is 0 Å². The number of hydrogen-bond acceptors (Lipinski definition) is 4. The zero-order valence-corrected chi connectivity index (χ0v) is 14.7. The number of nitrogens with one attached hydrogen (secondary N) is 1. The van der Waals surface area contributed by atoms with E-state index in [0.717, 1.165) is 11.3 Å². The first-order chi connectivity index (χ1) is 11.9. The van der Waals surface area contributed by atoms with E-state index in [1.807, 2.05) is 30.3 Å². The fourth-order valence-electron chi connectivity index (χ4n) is 2.28. The van der Waals surface area contributed by atoms with E-state index in [2.05, 4.69) is 26.1 Å². The van der Waals surface area contributed by atoms with E-state index in [1.54, 1.807) is 24.3 Å². The molecule has 0 spiro atoms. The molecular formula is C20H23NO4. The number of hydrogen-bond donors (Lipinski definition) is 1. The number of benzene rings is 2. The summed E-state index contributed by atoms with van der Waals surface area (Å²) in [4.78, 5) is 23.7. The summed E-state index contributed by atoms with van der Waals surface area (Å²) < 4.78 is 10.2. The van der Waals surface area contributed by atoms with Crippen LogP contribution in [0.2, 0.25) is 0 Å². The van der Waals surface area contributed by atoms with Crippen LogP contribution in [0.1, 0.15) is 26.3 Å². The van der Waals surface area contributed by atoms with E-state index in [4.69, 9.17) is 9.47 Å². The normalized spacial score (nSPS) is 10.8. The highest BCUT2D eigenvalue weighted by molar-refractivity contribution is 5.93. The van der Waals surface area contributed by atoms with Gasteiger partial charge in [0.05, 0.1) is 0 Å². The van der Waals surface area contributed by atoms with Crippen molar-refractivity contribution in [2.75, 3.05) is 18.5 Å². The van der Waals surface area contributed by atoms with Gasteiger partial charge in [-0.3, -0.25) is 4.79 Å². The molecule has 2 aromatic carbocycles. The summed E-state index contributed by atoms with van der Waals surface area (Å²) in [5.74, 6) is -0.407. The fourth-order valence-corrected chi connectivity index (χ4v) is 2.28. The minimum absolute atomic E-state index is 0.107. The van der Waals surface area contributed by atoms with Crippen LogP contribution in [0.5, 0.6) is 5.75 Å². The van der Waals surface area contributed by atoms with Crippen LogP contribution in [0.3, 0.4) is 0 Å². The summed E-state index contributed by atoms with van der Waals surface area (Å²) in [5, 5.41) is 2.79. The van der Waals surface area contributed by atoms with Crippen molar-refractivity contribution in [3.05, 3.63) is 60.2 Å². The number of carbonyl (C=O) groups excluding carboxylic acids is 2. The lowest BCUT2D eigenvalue weighted by molar-refractivity contribution is -0.149. The maximum Gasteiger partial charge on any atom is 0.344 e. The number of rotatable bonds is 6. The third-order valence-electron chi connectivity index (χ3n) is 3.47. The second kappa shape index (κ2) is 8.33.